The summed E-state index contributed by atoms with van der Waals surface area (Å²) in [6, 6.07) is 5.29. The fourth-order valence-corrected chi connectivity index (χ4v) is 3.50. The van der Waals surface area contributed by atoms with Crippen molar-refractivity contribution in [2.45, 2.75) is 17.7 Å². The molecule has 2 rings (SSSR count). The molecule has 0 amide bonds. The lowest BCUT2D eigenvalue weighted by molar-refractivity contribution is -0.757. The summed E-state index contributed by atoms with van der Waals surface area (Å²) in [6.45, 7) is 5.50. The van der Waals surface area contributed by atoms with Crippen LogP contribution in [0.4, 0.5) is 0 Å². The van der Waals surface area contributed by atoms with E-state index < -0.39 is 21.1 Å². The molecule has 0 unspecified atom stereocenters. The van der Waals surface area contributed by atoms with Gasteiger partial charge in [-0.1, -0.05) is 0 Å². The minimum absolute atomic E-state index is 0.0569. The Bertz CT molecular complexity index is 777. The Kier molecular flexibility index (Phi) is 8.76. The van der Waals surface area contributed by atoms with Crippen LogP contribution in [0.1, 0.15) is 23.2 Å². The Hall–Kier alpha value is -2.28. The maximum Gasteiger partial charge on any atom is 0.338 e. The zero-order chi connectivity index (χ0) is 21.3. The number of nitrogens with zero attached hydrogens (tertiary/aromatic N) is 3. The predicted molar refractivity (Wildman–Crippen MR) is 103 cm³/mol. The summed E-state index contributed by atoms with van der Waals surface area (Å²) in [5, 5.41) is 14.3. The second kappa shape index (κ2) is 11.0. The molecule has 0 bridgehead atoms. The lowest BCUT2D eigenvalue weighted by atomic mass is 10.2. The maximum atomic E-state index is 12.0. The monoisotopic (exact) mass is 430 g/mol. The molecule has 1 heterocycles. The van der Waals surface area contributed by atoms with E-state index in [1.54, 1.807) is 0 Å². The van der Waals surface area contributed by atoms with Gasteiger partial charge in [0.05, 0.1) is 23.7 Å². The number of hydrogen-bond acceptors (Lipinski definition) is 9. The van der Waals surface area contributed by atoms with Gasteiger partial charge in [-0.3, -0.25) is 0 Å². The zero-order valence-electron chi connectivity index (χ0n) is 16.1. The minimum Gasteiger partial charge on any atom is -0.462 e. The molecule has 1 aromatic rings. The molecule has 0 radical (unpaired) electrons. The van der Waals surface area contributed by atoms with Crippen LogP contribution in [0, 0.1) is 10.1 Å². The summed E-state index contributed by atoms with van der Waals surface area (Å²) in [5.74, 6) is -0.507. The van der Waals surface area contributed by atoms with Crippen molar-refractivity contribution in [3.63, 3.8) is 0 Å². The second-order valence-electron chi connectivity index (χ2n) is 6.65. The maximum absolute atomic E-state index is 12.0. The summed E-state index contributed by atoms with van der Waals surface area (Å²) >= 11 is 0. The van der Waals surface area contributed by atoms with E-state index in [2.05, 4.69) is 14.6 Å². The summed E-state index contributed by atoms with van der Waals surface area (Å²) in [4.78, 5) is 30.9. The standard InChI is InChI=1S/C17H26N4O7S/c18-29(25,26)16-5-3-15(4-6-16)17(22)27-13-1-7-19-9-11-20(12-10-19)8-2-14-28-21(23)24/h3-6H,1-2,7-14H2,(H2,18,25,26). The second-order valence-corrected chi connectivity index (χ2v) is 8.21. The van der Waals surface area contributed by atoms with Gasteiger partial charge < -0.3 is 19.4 Å². The van der Waals surface area contributed by atoms with Gasteiger partial charge in [0.2, 0.25) is 10.0 Å². The van der Waals surface area contributed by atoms with E-state index in [-0.39, 0.29) is 23.7 Å². The lowest BCUT2D eigenvalue weighted by Crippen LogP contribution is -2.47. The van der Waals surface area contributed by atoms with Crippen molar-refractivity contribution in [2.75, 3.05) is 52.5 Å². The quantitative estimate of drug-likeness (QED) is 0.223. The van der Waals surface area contributed by atoms with Crippen molar-refractivity contribution in [3.05, 3.63) is 39.9 Å². The molecule has 1 aliphatic rings. The molecule has 0 spiro atoms. The summed E-state index contributed by atoms with van der Waals surface area (Å²) in [5.41, 5.74) is 0.270. The number of esters is 1. The molecular weight excluding hydrogens is 404 g/mol. The van der Waals surface area contributed by atoms with Crippen LogP contribution in [0.2, 0.25) is 0 Å². The molecule has 162 valence electrons. The predicted octanol–water partition coefficient (Wildman–Crippen LogP) is 0.0969. The molecular formula is C17H26N4O7S. The first kappa shape index (κ1) is 23.0. The van der Waals surface area contributed by atoms with Crippen molar-refractivity contribution >= 4 is 16.0 Å². The Morgan fingerprint density at radius 3 is 2.03 bits per heavy atom. The Morgan fingerprint density at radius 2 is 1.55 bits per heavy atom. The highest BCUT2D eigenvalue weighted by atomic mass is 32.2. The summed E-state index contributed by atoms with van der Waals surface area (Å²) < 4.78 is 27.6. The number of rotatable bonds is 11. The molecule has 12 heteroatoms. The summed E-state index contributed by atoms with van der Waals surface area (Å²) in [6.07, 6.45) is 1.31. The highest BCUT2D eigenvalue weighted by molar-refractivity contribution is 7.89. The van der Waals surface area contributed by atoms with Crippen LogP contribution >= 0.6 is 0 Å². The van der Waals surface area contributed by atoms with Gasteiger partial charge in [-0.25, -0.2) is 18.4 Å². The number of ether oxygens (including phenoxy) is 1. The summed E-state index contributed by atoms with van der Waals surface area (Å²) in [7, 11) is -3.79. The van der Waals surface area contributed by atoms with E-state index in [9.17, 15) is 23.3 Å². The van der Waals surface area contributed by atoms with Gasteiger partial charge in [0, 0.05) is 39.3 Å². The Labute approximate surface area is 169 Å². The molecule has 1 fully saturated rings. The van der Waals surface area contributed by atoms with Crippen LogP contribution in [0.5, 0.6) is 0 Å². The van der Waals surface area contributed by atoms with Gasteiger partial charge in [-0.05, 0) is 37.1 Å². The van der Waals surface area contributed by atoms with Crippen molar-refractivity contribution in [1.29, 1.82) is 0 Å². The van der Waals surface area contributed by atoms with Crippen LogP contribution in [0.3, 0.4) is 0 Å². The lowest BCUT2D eigenvalue weighted by Gasteiger charge is -2.34. The first-order valence-electron chi connectivity index (χ1n) is 9.28. The molecule has 1 aliphatic heterocycles. The normalized spacial score (nSPS) is 15.8. The molecule has 1 aromatic carbocycles. The highest BCUT2D eigenvalue weighted by Crippen LogP contribution is 2.10. The van der Waals surface area contributed by atoms with Crippen molar-refractivity contribution in [1.82, 2.24) is 9.80 Å². The van der Waals surface area contributed by atoms with Crippen molar-refractivity contribution in [2.24, 2.45) is 5.14 Å². The van der Waals surface area contributed by atoms with Crippen LogP contribution in [-0.2, 0) is 19.6 Å². The Morgan fingerprint density at radius 1 is 1.03 bits per heavy atom. The number of sulfonamides is 1. The van der Waals surface area contributed by atoms with Crippen molar-refractivity contribution < 1.29 is 27.9 Å². The van der Waals surface area contributed by atoms with E-state index in [1.165, 1.54) is 24.3 Å². The van der Waals surface area contributed by atoms with Gasteiger partial charge in [-0.15, -0.1) is 10.1 Å². The van der Waals surface area contributed by atoms with Gasteiger partial charge in [0.25, 0.3) is 5.09 Å². The third kappa shape index (κ3) is 8.31. The van der Waals surface area contributed by atoms with Gasteiger partial charge in [-0.2, -0.15) is 0 Å². The smallest absolute Gasteiger partial charge is 0.338 e. The van der Waals surface area contributed by atoms with E-state index >= 15 is 0 Å². The SMILES string of the molecule is NS(=O)(=O)c1ccc(C(=O)OCCCN2CCN(CCCO[N+](=O)[O-])CC2)cc1. The molecule has 0 saturated carbocycles. The molecule has 2 N–H and O–H groups in total. The molecule has 0 atom stereocenters. The molecule has 0 aliphatic carbocycles. The first-order valence-corrected chi connectivity index (χ1v) is 10.8. The highest BCUT2D eigenvalue weighted by Gasteiger charge is 2.16. The fourth-order valence-electron chi connectivity index (χ4n) is 2.98. The molecule has 1 saturated heterocycles. The van der Waals surface area contributed by atoms with Crippen molar-refractivity contribution in [3.8, 4) is 0 Å². The topological polar surface area (TPSA) is 145 Å². The van der Waals surface area contributed by atoms with Crippen LogP contribution in [-0.4, -0.2) is 81.8 Å². The average Bonchev–Trinajstić information content (AvgIpc) is 2.68. The number of piperazine rings is 1. The number of hydrogen-bond donors (Lipinski definition) is 1. The van der Waals surface area contributed by atoms with Crippen LogP contribution < -0.4 is 5.14 Å². The fraction of sp³-hybridized carbons (Fsp3) is 0.588. The van der Waals surface area contributed by atoms with E-state index in [0.29, 0.717) is 12.8 Å². The minimum atomic E-state index is -3.79. The average molecular weight is 430 g/mol. The van der Waals surface area contributed by atoms with E-state index in [4.69, 9.17) is 9.88 Å². The molecule has 0 aromatic heterocycles. The number of benzene rings is 1. The number of nitrogens with two attached hydrogens (primary N) is 1. The van der Waals surface area contributed by atoms with E-state index in [0.717, 1.165) is 39.3 Å². The number of carbonyl (C=O) groups excluding carboxylic acids is 1. The zero-order valence-corrected chi connectivity index (χ0v) is 16.9. The van der Waals surface area contributed by atoms with Crippen LogP contribution in [0.25, 0.3) is 0 Å². The first-order chi connectivity index (χ1) is 13.8. The van der Waals surface area contributed by atoms with Crippen LogP contribution in [0.15, 0.2) is 29.2 Å². The Balaban J connectivity index is 1.59. The number of primary sulfonamides is 1. The third-order valence-electron chi connectivity index (χ3n) is 4.55. The van der Waals surface area contributed by atoms with Gasteiger partial charge in [0.15, 0.2) is 0 Å². The molecule has 11 nitrogen and oxygen atoms in total. The van der Waals surface area contributed by atoms with Gasteiger partial charge in [0.1, 0.15) is 0 Å². The van der Waals surface area contributed by atoms with Gasteiger partial charge >= 0.3 is 5.97 Å². The largest absolute Gasteiger partial charge is 0.462 e. The van der Waals surface area contributed by atoms with E-state index in [1.807, 2.05) is 0 Å². The number of carbonyl (C=O) groups is 1. The third-order valence-corrected chi connectivity index (χ3v) is 5.48. The molecule has 29 heavy (non-hydrogen) atoms.